The summed E-state index contributed by atoms with van der Waals surface area (Å²) in [4.78, 5) is 51.7. The molecule has 1 aliphatic heterocycles. The second-order valence-electron chi connectivity index (χ2n) is 8.78. The number of nitrogens with zero attached hydrogens (tertiary/aromatic N) is 2. The molecule has 0 spiro atoms. The number of benzene rings is 2. The number of ketones is 1. The van der Waals surface area contributed by atoms with Crippen LogP contribution >= 0.6 is 0 Å². The van der Waals surface area contributed by atoms with Crippen molar-refractivity contribution in [1.29, 1.82) is 0 Å². The summed E-state index contributed by atoms with van der Waals surface area (Å²) in [6.07, 6.45) is 3.76. The maximum absolute atomic E-state index is 13.3. The van der Waals surface area contributed by atoms with Gasteiger partial charge in [0, 0.05) is 17.5 Å². The molecule has 2 aromatic carbocycles. The number of hydrogen-bond donors (Lipinski definition) is 3. The van der Waals surface area contributed by atoms with Crippen LogP contribution < -0.4 is 16.3 Å². The Morgan fingerprint density at radius 1 is 1.06 bits per heavy atom. The lowest BCUT2D eigenvalue weighted by atomic mass is 9.88. The minimum atomic E-state index is -1.22. The van der Waals surface area contributed by atoms with Crippen molar-refractivity contribution < 1.29 is 19.5 Å². The minimum Gasteiger partial charge on any atom is -0.506 e. The lowest BCUT2D eigenvalue weighted by Gasteiger charge is -2.23. The molecule has 1 aromatic heterocycles. The van der Waals surface area contributed by atoms with Gasteiger partial charge in [0.25, 0.3) is 11.5 Å². The number of aromatic hydroxyl groups is 1. The van der Waals surface area contributed by atoms with Crippen LogP contribution in [-0.4, -0.2) is 33.0 Å². The summed E-state index contributed by atoms with van der Waals surface area (Å²) in [6.45, 7) is 3.94. The number of Topliss-reactive ketones (excluding diaryl/α,β-unsaturated/α-hetero) is 1. The van der Waals surface area contributed by atoms with Crippen molar-refractivity contribution in [2.75, 3.05) is 5.32 Å². The molecule has 2 amide bonds. The molecule has 9 heteroatoms. The summed E-state index contributed by atoms with van der Waals surface area (Å²) in [5.41, 5.74) is 2.54. The molecule has 1 aliphatic rings. The first-order chi connectivity index (χ1) is 17.3. The van der Waals surface area contributed by atoms with Gasteiger partial charge >= 0.3 is 0 Å². The Hall–Kier alpha value is -4.27. The molecule has 0 bridgehead atoms. The van der Waals surface area contributed by atoms with E-state index < -0.39 is 40.4 Å². The highest BCUT2D eigenvalue weighted by molar-refractivity contribution is 6.31. The van der Waals surface area contributed by atoms with E-state index in [0.29, 0.717) is 28.7 Å². The van der Waals surface area contributed by atoms with Gasteiger partial charge in [-0.1, -0.05) is 50.5 Å². The maximum atomic E-state index is 13.3. The highest BCUT2D eigenvalue weighted by Crippen LogP contribution is 2.28. The van der Waals surface area contributed by atoms with Gasteiger partial charge < -0.3 is 15.0 Å². The third-order valence-electron chi connectivity index (χ3n) is 6.33. The Bertz CT molecular complexity index is 1440. The molecule has 36 heavy (non-hydrogen) atoms. The standard InChI is InChI=1S/C27H28N4O5/c1-3-4-5-10-15-31-20-14-9-7-12-18(20)24(33)22(27(31)36)26(35)30-29-16(2)21-23(32)17-11-6-8-13-19(17)28-25(21)34/h6-9,11-14,21,33H,3-5,10,15H2,1-2H3,(H,28,34)(H,30,35). The molecule has 9 nitrogen and oxygen atoms in total. The lowest BCUT2D eigenvalue weighted by molar-refractivity contribution is -0.117. The SMILES string of the molecule is CCCCCCn1c(=O)c(C(=O)NN=C(C)C2C(=O)Nc3ccccc3C2=O)c(O)c2ccccc21. The van der Waals surface area contributed by atoms with Gasteiger partial charge in [0.15, 0.2) is 5.78 Å². The van der Waals surface area contributed by atoms with Crippen LogP contribution in [0.15, 0.2) is 58.4 Å². The topological polar surface area (TPSA) is 130 Å². The van der Waals surface area contributed by atoms with E-state index in [1.165, 1.54) is 11.5 Å². The third kappa shape index (κ3) is 4.64. The van der Waals surface area contributed by atoms with E-state index in [2.05, 4.69) is 22.8 Å². The fourth-order valence-corrected chi connectivity index (χ4v) is 4.44. The maximum Gasteiger partial charge on any atom is 0.280 e. The van der Waals surface area contributed by atoms with E-state index in [-0.39, 0.29) is 5.71 Å². The summed E-state index contributed by atoms with van der Waals surface area (Å²) in [5, 5.41) is 17.8. The molecule has 2 heterocycles. The number of amides is 2. The van der Waals surface area contributed by atoms with Crippen LogP contribution in [0.3, 0.4) is 0 Å². The highest BCUT2D eigenvalue weighted by Gasteiger charge is 2.36. The number of aromatic nitrogens is 1. The molecule has 3 aromatic rings. The van der Waals surface area contributed by atoms with E-state index in [9.17, 15) is 24.3 Å². The fraction of sp³-hybridized carbons (Fsp3) is 0.296. The molecule has 0 aliphatic carbocycles. The number of anilines is 1. The molecule has 0 fully saturated rings. The van der Waals surface area contributed by atoms with Crippen LogP contribution in [0.4, 0.5) is 5.69 Å². The number of carbonyl (C=O) groups is 3. The van der Waals surface area contributed by atoms with Gasteiger partial charge in [-0.05, 0) is 37.6 Å². The van der Waals surface area contributed by atoms with Gasteiger partial charge in [-0.3, -0.25) is 19.2 Å². The van der Waals surface area contributed by atoms with Gasteiger partial charge in [0.05, 0.1) is 16.9 Å². The van der Waals surface area contributed by atoms with E-state index in [1.54, 1.807) is 48.5 Å². The van der Waals surface area contributed by atoms with Crippen LogP contribution in [-0.2, 0) is 11.3 Å². The van der Waals surface area contributed by atoms with E-state index in [1.807, 2.05) is 0 Å². The average Bonchev–Trinajstić information content (AvgIpc) is 2.87. The average molecular weight is 489 g/mol. The number of unbranched alkanes of at least 4 members (excludes halogenated alkanes) is 3. The summed E-state index contributed by atoms with van der Waals surface area (Å²) < 4.78 is 1.49. The predicted octanol–water partition coefficient (Wildman–Crippen LogP) is 3.84. The van der Waals surface area contributed by atoms with Crippen molar-refractivity contribution in [2.45, 2.75) is 46.1 Å². The van der Waals surface area contributed by atoms with Crippen LogP contribution in [0.2, 0.25) is 0 Å². The van der Waals surface area contributed by atoms with Gasteiger partial charge in [-0.2, -0.15) is 5.10 Å². The molecule has 0 saturated carbocycles. The van der Waals surface area contributed by atoms with Gasteiger partial charge in [-0.15, -0.1) is 0 Å². The van der Waals surface area contributed by atoms with Crippen molar-refractivity contribution >= 4 is 39.9 Å². The van der Waals surface area contributed by atoms with Crippen molar-refractivity contribution in [3.05, 3.63) is 70.0 Å². The van der Waals surface area contributed by atoms with Crippen molar-refractivity contribution in [3.63, 3.8) is 0 Å². The third-order valence-corrected chi connectivity index (χ3v) is 6.33. The van der Waals surface area contributed by atoms with Crippen molar-refractivity contribution in [3.8, 4) is 5.75 Å². The number of pyridine rings is 1. The molecular formula is C27H28N4O5. The first-order valence-electron chi connectivity index (χ1n) is 12.0. The zero-order chi connectivity index (χ0) is 25.8. The monoisotopic (exact) mass is 488 g/mol. The second kappa shape index (κ2) is 10.6. The highest BCUT2D eigenvalue weighted by atomic mass is 16.3. The summed E-state index contributed by atoms with van der Waals surface area (Å²) in [5.74, 6) is -3.58. The lowest BCUT2D eigenvalue weighted by Crippen LogP contribution is -2.40. The van der Waals surface area contributed by atoms with E-state index >= 15 is 0 Å². The first kappa shape index (κ1) is 24.8. The predicted molar refractivity (Wildman–Crippen MR) is 137 cm³/mol. The zero-order valence-corrected chi connectivity index (χ0v) is 20.2. The number of hydrazone groups is 1. The quantitative estimate of drug-likeness (QED) is 0.192. The van der Waals surface area contributed by atoms with Crippen LogP contribution in [0.1, 0.15) is 60.2 Å². The molecular weight excluding hydrogens is 460 g/mol. The van der Waals surface area contributed by atoms with Gasteiger partial charge in [0.2, 0.25) is 5.91 Å². The van der Waals surface area contributed by atoms with E-state index in [4.69, 9.17) is 0 Å². The number of hydrogen-bond acceptors (Lipinski definition) is 6. The van der Waals surface area contributed by atoms with Crippen molar-refractivity contribution in [2.24, 2.45) is 11.0 Å². The fourth-order valence-electron chi connectivity index (χ4n) is 4.44. The number of nitrogens with one attached hydrogen (secondary N) is 2. The summed E-state index contributed by atoms with van der Waals surface area (Å²) >= 11 is 0. The summed E-state index contributed by atoms with van der Waals surface area (Å²) in [7, 11) is 0. The molecule has 1 atom stereocenters. The second-order valence-corrected chi connectivity index (χ2v) is 8.78. The molecule has 4 rings (SSSR count). The number of para-hydroxylation sites is 2. The summed E-state index contributed by atoms with van der Waals surface area (Å²) in [6, 6.07) is 13.5. The first-order valence-corrected chi connectivity index (χ1v) is 12.0. The van der Waals surface area contributed by atoms with Crippen LogP contribution in [0.25, 0.3) is 10.9 Å². The van der Waals surface area contributed by atoms with Crippen LogP contribution in [0.5, 0.6) is 5.75 Å². The molecule has 0 radical (unpaired) electrons. The molecule has 1 unspecified atom stereocenters. The Kier molecular flexibility index (Phi) is 7.28. The zero-order valence-electron chi connectivity index (χ0n) is 20.2. The normalized spacial score (nSPS) is 15.5. The van der Waals surface area contributed by atoms with Gasteiger partial charge in [-0.25, -0.2) is 5.43 Å². The van der Waals surface area contributed by atoms with E-state index in [0.717, 1.165) is 25.7 Å². The number of aryl methyl sites for hydroxylation is 1. The Labute approximate surface area is 207 Å². The Morgan fingerprint density at radius 2 is 1.78 bits per heavy atom. The minimum absolute atomic E-state index is 0.0560. The smallest absolute Gasteiger partial charge is 0.280 e. The van der Waals surface area contributed by atoms with Crippen molar-refractivity contribution in [1.82, 2.24) is 9.99 Å². The Balaban J connectivity index is 1.63. The number of rotatable bonds is 8. The molecule has 0 saturated heterocycles. The number of carbonyl (C=O) groups excluding carboxylic acids is 3. The largest absolute Gasteiger partial charge is 0.506 e. The number of fused-ring (bicyclic) bond motifs is 2. The molecule has 3 N–H and O–H groups in total. The van der Waals surface area contributed by atoms with Crippen LogP contribution in [0, 0.1) is 5.92 Å². The van der Waals surface area contributed by atoms with Gasteiger partial charge in [0.1, 0.15) is 17.2 Å². The molecule has 186 valence electrons. The Morgan fingerprint density at radius 3 is 2.56 bits per heavy atom.